The zero-order chi connectivity index (χ0) is 24.7. The molecule has 8 heteroatoms. The van der Waals surface area contributed by atoms with Crippen molar-refractivity contribution < 1.29 is 19.4 Å². The molecule has 176 valence electrons. The third kappa shape index (κ3) is 6.98. The van der Waals surface area contributed by atoms with Gasteiger partial charge in [0, 0.05) is 20.7 Å². The molecule has 0 aromatic heterocycles. The van der Waals surface area contributed by atoms with E-state index in [-0.39, 0.29) is 11.7 Å². The zero-order valence-electron chi connectivity index (χ0n) is 18.8. The van der Waals surface area contributed by atoms with Crippen LogP contribution in [0.1, 0.15) is 24.2 Å². The van der Waals surface area contributed by atoms with Gasteiger partial charge in [0.2, 0.25) is 5.91 Å². The molecule has 3 aromatic carbocycles. The van der Waals surface area contributed by atoms with E-state index in [1.165, 1.54) is 6.08 Å². The Morgan fingerprint density at radius 3 is 2.47 bits per heavy atom. The number of hydrogen-bond donors (Lipinski definition) is 4. The number of rotatable bonds is 7. The van der Waals surface area contributed by atoms with Crippen molar-refractivity contribution in [1.29, 1.82) is 0 Å². The molecule has 0 saturated heterocycles. The highest BCUT2D eigenvalue weighted by molar-refractivity contribution is 14.1. The molecule has 0 heterocycles. The molecule has 0 spiro atoms. The fourth-order valence-electron chi connectivity index (χ4n) is 3.23. The summed E-state index contributed by atoms with van der Waals surface area (Å²) in [4.78, 5) is 25.1. The number of nitrogens with two attached hydrogens (primary N) is 1. The van der Waals surface area contributed by atoms with Crippen molar-refractivity contribution >= 4 is 51.7 Å². The molecule has 0 unspecified atom stereocenters. The first-order valence-corrected chi connectivity index (χ1v) is 11.7. The number of benzene rings is 3. The molecule has 0 saturated carbocycles. The van der Waals surface area contributed by atoms with Gasteiger partial charge in [-0.3, -0.25) is 10.1 Å². The minimum absolute atomic E-state index is 0.00434. The maximum Gasteiger partial charge on any atom is 0.412 e. The first-order valence-electron chi connectivity index (χ1n) is 10.6. The summed E-state index contributed by atoms with van der Waals surface area (Å²) in [5.41, 5.74) is 8.93. The van der Waals surface area contributed by atoms with Crippen LogP contribution in [0.2, 0.25) is 0 Å². The molecule has 3 aromatic rings. The normalized spacial score (nSPS) is 12.7. The maximum atomic E-state index is 12.7. The van der Waals surface area contributed by atoms with Gasteiger partial charge in [0.05, 0.1) is 11.4 Å². The lowest BCUT2D eigenvalue weighted by Crippen LogP contribution is -2.21. The van der Waals surface area contributed by atoms with Crippen LogP contribution in [0.5, 0.6) is 5.75 Å². The Balaban J connectivity index is 1.78. The van der Waals surface area contributed by atoms with Crippen LogP contribution in [0.3, 0.4) is 0 Å². The minimum atomic E-state index is -0.842. The second-order valence-electron chi connectivity index (χ2n) is 7.81. The van der Waals surface area contributed by atoms with E-state index in [0.717, 1.165) is 9.13 Å². The molecular weight excluding hydrogens is 545 g/mol. The number of hydrogen-bond acceptors (Lipinski definition) is 5. The number of anilines is 3. The van der Waals surface area contributed by atoms with Crippen LogP contribution >= 0.6 is 22.6 Å². The Kier molecular flexibility index (Phi) is 8.53. The molecule has 0 aliphatic carbocycles. The van der Waals surface area contributed by atoms with Gasteiger partial charge in [-0.05, 0) is 78.1 Å². The Bertz CT molecular complexity index is 1190. The van der Waals surface area contributed by atoms with Gasteiger partial charge < -0.3 is 20.9 Å². The molecule has 0 aliphatic heterocycles. The lowest BCUT2D eigenvalue weighted by molar-refractivity contribution is -0.111. The fraction of sp³-hybridized carbons (Fsp3) is 0.154. The third-order valence-corrected chi connectivity index (χ3v) is 5.75. The average molecular weight is 571 g/mol. The van der Waals surface area contributed by atoms with E-state index >= 15 is 0 Å². The Labute approximate surface area is 212 Å². The second-order valence-corrected chi connectivity index (χ2v) is 9.06. The van der Waals surface area contributed by atoms with E-state index in [1.807, 2.05) is 19.1 Å². The van der Waals surface area contributed by atoms with Gasteiger partial charge in [-0.15, -0.1) is 0 Å². The van der Waals surface area contributed by atoms with E-state index in [2.05, 4.69) is 33.2 Å². The standard InChI is InChI=1S/C26H26IN3O4/c1-16-7-11-19(12-8-16)29-26(33)34-25(20-15-18(27)10-13-23(20)31)17(2)9-14-24(32)30-22-6-4-3-5-21(22)28/h3-15,17,25,31H,28H2,1-2H3,(H,29,33)(H,30,32)/b14-9+/t17-,25-/m0/s1. The fourth-order valence-corrected chi connectivity index (χ4v) is 3.75. The van der Waals surface area contributed by atoms with Crippen LogP contribution < -0.4 is 16.4 Å². The lowest BCUT2D eigenvalue weighted by atomic mass is 9.96. The maximum absolute atomic E-state index is 12.7. The van der Waals surface area contributed by atoms with Gasteiger partial charge in [-0.25, -0.2) is 4.79 Å². The number of nitrogen functional groups attached to an aromatic ring is 1. The lowest BCUT2D eigenvalue weighted by Gasteiger charge is -2.24. The molecule has 7 nitrogen and oxygen atoms in total. The second kappa shape index (κ2) is 11.6. The van der Waals surface area contributed by atoms with Crippen molar-refractivity contribution in [3.8, 4) is 5.75 Å². The predicted octanol–water partition coefficient (Wildman–Crippen LogP) is 6.01. The molecule has 3 rings (SSSR count). The van der Waals surface area contributed by atoms with Gasteiger partial charge >= 0.3 is 6.09 Å². The van der Waals surface area contributed by atoms with Crippen molar-refractivity contribution in [1.82, 2.24) is 0 Å². The number of carbonyl (C=O) groups is 2. The third-order valence-electron chi connectivity index (χ3n) is 5.08. The van der Waals surface area contributed by atoms with Crippen molar-refractivity contribution in [3.63, 3.8) is 0 Å². The Hall–Kier alpha value is -3.53. The number of phenols is 1. The monoisotopic (exact) mass is 571 g/mol. The number of carbonyl (C=O) groups excluding carboxylic acids is 2. The van der Waals surface area contributed by atoms with Gasteiger partial charge in [-0.2, -0.15) is 0 Å². The van der Waals surface area contributed by atoms with Crippen LogP contribution in [0, 0.1) is 16.4 Å². The summed E-state index contributed by atoms with van der Waals surface area (Å²) in [7, 11) is 0. The highest BCUT2D eigenvalue weighted by Crippen LogP contribution is 2.35. The smallest absolute Gasteiger partial charge is 0.412 e. The van der Waals surface area contributed by atoms with Gasteiger partial charge in [0.25, 0.3) is 0 Å². The van der Waals surface area contributed by atoms with E-state index in [0.29, 0.717) is 22.6 Å². The van der Waals surface area contributed by atoms with Crippen LogP contribution in [-0.2, 0) is 9.53 Å². The largest absolute Gasteiger partial charge is 0.508 e. The number of ether oxygens (including phenoxy) is 1. The highest BCUT2D eigenvalue weighted by atomic mass is 127. The van der Waals surface area contributed by atoms with E-state index in [9.17, 15) is 14.7 Å². The first-order chi connectivity index (χ1) is 16.2. The van der Waals surface area contributed by atoms with E-state index in [4.69, 9.17) is 10.5 Å². The average Bonchev–Trinajstić information content (AvgIpc) is 2.80. The van der Waals surface area contributed by atoms with Crippen molar-refractivity contribution in [2.75, 3.05) is 16.4 Å². The first kappa shape index (κ1) is 25.1. The molecule has 0 bridgehead atoms. The number of phenolic OH excluding ortho intramolecular Hbond substituents is 1. The zero-order valence-corrected chi connectivity index (χ0v) is 20.9. The number of aromatic hydroxyl groups is 1. The quantitative estimate of drug-likeness (QED) is 0.158. The molecule has 2 atom stereocenters. The molecule has 5 N–H and O–H groups in total. The number of nitrogens with one attached hydrogen (secondary N) is 2. The number of para-hydroxylation sites is 2. The molecule has 0 aliphatic rings. The molecule has 2 amide bonds. The summed E-state index contributed by atoms with van der Waals surface area (Å²) in [6.07, 6.45) is 1.47. The molecule has 0 radical (unpaired) electrons. The SMILES string of the molecule is Cc1ccc(NC(=O)O[C@H](c2cc(I)ccc2O)[C@@H](C)/C=C/C(=O)Nc2ccccc2N)cc1. The highest BCUT2D eigenvalue weighted by Gasteiger charge is 2.25. The van der Waals surface area contributed by atoms with Crippen molar-refractivity contribution in [2.45, 2.75) is 20.0 Å². The summed E-state index contributed by atoms with van der Waals surface area (Å²) in [6, 6.07) is 19.3. The van der Waals surface area contributed by atoms with Gasteiger partial charge in [-0.1, -0.05) is 42.8 Å². The van der Waals surface area contributed by atoms with Crippen molar-refractivity contribution in [3.05, 3.63) is 93.6 Å². The number of aryl methyl sites for hydroxylation is 1. The van der Waals surface area contributed by atoms with Crippen LogP contribution in [0.25, 0.3) is 0 Å². The molecule has 0 fully saturated rings. The predicted molar refractivity (Wildman–Crippen MR) is 143 cm³/mol. The van der Waals surface area contributed by atoms with Crippen LogP contribution in [0.4, 0.5) is 21.9 Å². The van der Waals surface area contributed by atoms with E-state index < -0.39 is 18.1 Å². The summed E-state index contributed by atoms with van der Waals surface area (Å²) in [5, 5.41) is 15.9. The Morgan fingerprint density at radius 2 is 1.76 bits per heavy atom. The molecular formula is C26H26IN3O4. The summed E-state index contributed by atoms with van der Waals surface area (Å²) in [5.74, 6) is -0.818. The van der Waals surface area contributed by atoms with E-state index in [1.54, 1.807) is 67.6 Å². The summed E-state index contributed by atoms with van der Waals surface area (Å²) < 4.78 is 6.59. The van der Waals surface area contributed by atoms with Crippen LogP contribution in [-0.4, -0.2) is 17.1 Å². The van der Waals surface area contributed by atoms with Gasteiger partial charge in [0.15, 0.2) is 0 Å². The summed E-state index contributed by atoms with van der Waals surface area (Å²) in [6.45, 7) is 3.75. The summed E-state index contributed by atoms with van der Waals surface area (Å²) >= 11 is 2.12. The number of amides is 2. The van der Waals surface area contributed by atoms with Crippen molar-refractivity contribution in [2.24, 2.45) is 5.92 Å². The minimum Gasteiger partial charge on any atom is -0.508 e. The Morgan fingerprint density at radius 1 is 1.06 bits per heavy atom. The molecule has 34 heavy (non-hydrogen) atoms. The van der Waals surface area contributed by atoms with Gasteiger partial charge in [0.1, 0.15) is 11.9 Å². The topological polar surface area (TPSA) is 114 Å². The van der Waals surface area contributed by atoms with Crippen LogP contribution in [0.15, 0.2) is 78.9 Å². The number of halogens is 1.